The Morgan fingerprint density at radius 3 is 2.38 bits per heavy atom. The Hall–Kier alpha value is -0.770. The second kappa shape index (κ2) is 5.04. The van der Waals surface area contributed by atoms with Crippen LogP contribution in [0.25, 0.3) is 0 Å². The number of amides is 1. The molecule has 2 N–H and O–H groups in total. The zero-order chi connectivity index (χ0) is 12.2. The average molecular weight is 229 g/mol. The minimum Gasteiger partial charge on any atom is -0.444 e. The topological polar surface area (TPSA) is 58.6 Å². The van der Waals surface area contributed by atoms with Crippen LogP contribution in [0.1, 0.15) is 52.9 Å². The van der Waals surface area contributed by atoms with E-state index in [9.17, 15) is 4.79 Å². The second-order valence-corrected chi connectivity index (χ2v) is 5.59. The Morgan fingerprint density at radius 2 is 1.94 bits per heavy atom. The summed E-state index contributed by atoms with van der Waals surface area (Å²) in [7, 11) is 0. The predicted octanol–water partition coefficient (Wildman–Crippen LogP) is 2.21. The summed E-state index contributed by atoms with van der Waals surface area (Å²) in [4.78, 5) is 11.7. The van der Waals surface area contributed by atoms with E-state index in [1.54, 1.807) is 0 Å². The van der Waals surface area contributed by atoms with Crippen LogP contribution in [0.4, 0.5) is 4.79 Å². The van der Waals surface area contributed by atoms with Crippen LogP contribution < -0.4 is 5.32 Å². The Morgan fingerprint density at radius 1 is 1.38 bits per heavy atom. The Labute approximate surface area is 97.4 Å². The van der Waals surface area contributed by atoms with E-state index in [2.05, 4.69) is 5.32 Å². The summed E-state index contributed by atoms with van der Waals surface area (Å²) in [5.41, 5.74) is -0.708. The average Bonchev–Trinajstić information content (AvgIpc) is 2.49. The molecule has 4 heteroatoms. The molecule has 0 spiro atoms. The fourth-order valence-electron chi connectivity index (χ4n) is 2.22. The van der Waals surface area contributed by atoms with Crippen LogP contribution in [-0.2, 0) is 4.74 Å². The van der Waals surface area contributed by atoms with Crippen LogP contribution in [0, 0.1) is 0 Å². The fraction of sp³-hybridized carbons (Fsp3) is 0.917. The number of aliphatic hydroxyl groups excluding tert-OH is 1. The van der Waals surface area contributed by atoms with Crippen LogP contribution in [0.3, 0.4) is 0 Å². The van der Waals surface area contributed by atoms with E-state index < -0.39 is 5.60 Å². The number of aliphatic hydroxyl groups is 1. The van der Waals surface area contributed by atoms with Crippen molar-refractivity contribution in [1.29, 1.82) is 0 Å². The molecule has 0 aliphatic heterocycles. The largest absolute Gasteiger partial charge is 0.444 e. The van der Waals surface area contributed by atoms with Gasteiger partial charge in [0.1, 0.15) is 5.60 Å². The first-order valence-corrected chi connectivity index (χ1v) is 5.99. The first kappa shape index (κ1) is 13.3. The van der Waals surface area contributed by atoms with Crippen LogP contribution in [0.5, 0.6) is 0 Å². The van der Waals surface area contributed by atoms with Gasteiger partial charge < -0.3 is 15.2 Å². The van der Waals surface area contributed by atoms with Crippen molar-refractivity contribution >= 4 is 6.09 Å². The number of carbonyl (C=O) groups is 1. The number of hydrogen-bond donors (Lipinski definition) is 2. The summed E-state index contributed by atoms with van der Waals surface area (Å²) < 4.78 is 5.24. The monoisotopic (exact) mass is 229 g/mol. The zero-order valence-corrected chi connectivity index (χ0v) is 10.5. The van der Waals surface area contributed by atoms with Gasteiger partial charge in [0.15, 0.2) is 0 Å². The minimum atomic E-state index is -0.469. The van der Waals surface area contributed by atoms with Crippen LogP contribution in [0.2, 0.25) is 0 Å². The molecule has 0 unspecified atom stereocenters. The third kappa shape index (κ3) is 4.00. The summed E-state index contributed by atoms with van der Waals surface area (Å²) >= 11 is 0. The molecule has 1 amide bonds. The SMILES string of the molecule is CC(C)(C)OC(=O)NC1(CCO)CCCC1. The number of ether oxygens (including phenoxy) is 1. The molecule has 0 atom stereocenters. The highest BCUT2D eigenvalue weighted by atomic mass is 16.6. The smallest absolute Gasteiger partial charge is 0.408 e. The van der Waals surface area contributed by atoms with E-state index in [-0.39, 0.29) is 18.2 Å². The van der Waals surface area contributed by atoms with Gasteiger partial charge in [0.2, 0.25) is 0 Å². The van der Waals surface area contributed by atoms with E-state index in [1.165, 1.54) is 0 Å². The third-order valence-corrected chi connectivity index (χ3v) is 2.92. The third-order valence-electron chi connectivity index (χ3n) is 2.92. The predicted molar refractivity (Wildman–Crippen MR) is 62.3 cm³/mol. The van der Waals surface area contributed by atoms with Crippen molar-refractivity contribution < 1.29 is 14.6 Å². The molecule has 0 aromatic carbocycles. The normalized spacial score (nSPS) is 19.5. The van der Waals surface area contributed by atoms with Crippen molar-refractivity contribution in [1.82, 2.24) is 5.32 Å². The Bertz CT molecular complexity index is 239. The highest BCUT2D eigenvalue weighted by Gasteiger charge is 2.35. The molecule has 0 radical (unpaired) electrons. The summed E-state index contributed by atoms with van der Waals surface area (Å²) in [6.45, 7) is 5.65. The van der Waals surface area contributed by atoms with Crippen LogP contribution in [-0.4, -0.2) is 28.9 Å². The van der Waals surface area contributed by atoms with Gasteiger partial charge in [0.25, 0.3) is 0 Å². The van der Waals surface area contributed by atoms with Crippen molar-refractivity contribution in [2.45, 2.75) is 64.0 Å². The first-order valence-electron chi connectivity index (χ1n) is 5.99. The van der Waals surface area contributed by atoms with Crippen LogP contribution in [0.15, 0.2) is 0 Å². The van der Waals surface area contributed by atoms with Crippen molar-refractivity contribution in [2.75, 3.05) is 6.61 Å². The Balaban J connectivity index is 2.52. The lowest BCUT2D eigenvalue weighted by molar-refractivity contribution is 0.0439. The minimum absolute atomic E-state index is 0.107. The van der Waals surface area contributed by atoms with Gasteiger partial charge >= 0.3 is 6.09 Å². The molecule has 0 heterocycles. The lowest BCUT2D eigenvalue weighted by Gasteiger charge is -2.31. The molecule has 16 heavy (non-hydrogen) atoms. The van der Waals surface area contributed by atoms with Crippen molar-refractivity contribution in [3.8, 4) is 0 Å². The van der Waals surface area contributed by atoms with Gasteiger partial charge in [-0.25, -0.2) is 4.79 Å². The summed E-state index contributed by atoms with van der Waals surface area (Å²) in [6.07, 6.45) is 4.33. The van der Waals surface area contributed by atoms with E-state index in [4.69, 9.17) is 9.84 Å². The summed E-state index contributed by atoms with van der Waals surface area (Å²) in [5.74, 6) is 0. The van der Waals surface area contributed by atoms with Gasteiger partial charge in [-0.15, -0.1) is 0 Å². The molecular formula is C12H23NO3. The molecule has 0 aromatic rings. The number of carbonyl (C=O) groups excluding carboxylic acids is 1. The van der Waals surface area contributed by atoms with Gasteiger partial charge in [0, 0.05) is 12.1 Å². The molecule has 1 rings (SSSR count). The van der Waals surface area contributed by atoms with E-state index >= 15 is 0 Å². The molecule has 0 saturated heterocycles. The van der Waals surface area contributed by atoms with Crippen LogP contribution >= 0.6 is 0 Å². The molecule has 94 valence electrons. The van der Waals surface area contributed by atoms with Crippen molar-refractivity contribution in [2.24, 2.45) is 0 Å². The lowest BCUT2D eigenvalue weighted by Crippen LogP contribution is -2.48. The molecule has 0 aromatic heterocycles. The Kier molecular flexibility index (Phi) is 4.19. The number of rotatable bonds is 3. The molecular weight excluding hydrogens is 206 g/mol. The molecule has 1 fully saturated rings. The molecule has 0 bridgehead atoms. The number of alkyl carbamates (subject to hydrolysis) is 1. The maximum absolute atomic E-state index is 11.7. The summed E-state index contributed by atoms with van der Waals surface area (Å²) in [5, 5.41) is 12.0. The van der Waals surface area contributed by atoms with E-state index in [0.717, 1.165) is 25.7 Å². The maximum Gasteiger partial charge on any atom is 0.408 e. The quantitative estimate of drug-likeness (QED) is 0.780. The fourth-order valence-corrected chi connectivity index (χ4v) is 2.22. The van der Waals surface area contributed by atoms with E-state index in [0.29, 0.717) is 6.42 Å². The standard InChI is InChI=1S/C12H23NO3/c1-11(2,3)16-10(15)13-12(8-9-14)6-4-5-7-12/h14H,4-9H2,1-3H3,(H,13,15). The van der Waals surface area contributed by atoms with Gasteiger partial charge in [-0.1, -0.05) is 12.8 Å². The maximum atomic E-state index is 11.7. The summed E-state index contributed by atoms with van der Waals surface area (Å²) in [6, 6.07) is 0. The lowest BCUT2D eigenvalue weighted by atomic mass is 9.94. The van der Waals surface area contributed by atoms with E-state index in [1.807, 2.05) is 20.8 Å². The van der Waals surface area contributed by atoms with Gasteiger partial charge in [-0.05, 0) is 40.0 Å². The molecule has 1 aliphatic carbocycles. The number of hydrogen-bond acceptors (Lipinski definition) is 3. The van der Waals surface area contributed by atoms with Gasteiger partial charge in [-0.2, -0.15) is 0 Å². The molecule has 1 saturated carbocycles. The highest BCUT2D eigenvalue weighted by molar-refractivity contribution is 5.68. The molecule has 1 aliphatic rings. The van der Waals surface area contributed by atoms with Gasteiger partial charge in [0.05, 0.1) is 0 Å². The zero-order valence-electron chi connectivity index (χ0n) is 10.5. The van der Waals surface area contributed by atoms with Crippen molar-refractivity contribution in [3.05, 3.63) is 0 Å². The highest BCUT2D eigenvalue weighted by Crippen LogP contribution is 2.32. The first-order chi connectivity index (χ1) is 7.37. The molecule has 4 nitrogen and oxygen atoms in total. The number of nitrogens with one attached hydrogen (secondary N) is 1. The van der Waals surface area contributed by atoms with Gasteiger partial charge in [-0.3, -0.25) is 0 Å². The van der Waals surface area contributed by atoms with Crippen molar-refractivity contribution in [3.63, 3.8) is 0 Å². The second-order valence-electron chi connectivity index (χ2n) is 5.59.